The van der Waals surface area contributed by atoms with Gasteiger partial charge >= 0.3 is 0 Å². The number of nitrogens with zero attached hydrogens (tertiary/aromatic N) is 5. The van der Waals surface area contributed by atoms with E-state index in [0.29, 0.717) is 60.8 Å². The number of carbonyl (C=O) groups is 1. The quantitative estimate of drug-likeness (QED) is 0.668. The molecule has 0 aromatic carbocycles. The van der Waals surface area contributed by atoms with Crippen LogP contribution in [-0.4, -0.2) is 65.6 Å². The van der Waals surface area contributed by atoms with E-state index in [1.54, 1.807) is 17.0 Å². The number of aromatic nitrogens is 2. The van der Waals surface area contributed by atoms with Crippen molar-refractivity contribution < 1.29 is 18.3 Å². The van der Waals surface area contributed by atoms with Crippen molar-refractivity contribution in [1.29, 1.82) is 0 Å². The highest BCUT2D eigenvalue weighted by Gasteiger charge is 2.39. The molecule has 2 aromatic rings. The highest BCUT2D eigenvalue weighted by molar-refractivity contribution is 6.29. The number of hydrogen-bond donors (Lipinski definition) is 0. The van der Waals surface area contributed by atoms with Crippen molar-refractivity contribution in [3.05, 3.63) is 29.1 Å². The number of carbonyl (C=O) groups excluding carboxylic acids is 1. The van der Waals surface area contributed by atoms with Crippen molar-refractivity contribution >= 4 is 40.7 Å². The van der Waals surface area contributed by atoms with Crippen molar-refractivity contribution in [1.82, 2.24) is 14.9 Å². The number of hydrogen-bond acceptors (Lipinski definition) is 7. The summed E-state index contributed by atoms with van der Waals surface area (Å²) in [6.07, 6.45) is 2.25. The molecule has 1 aliphatic carbocycles. The summed E-state index contributed by atoms with van der Waals surface area (Å²) in [6.45, 7) is 4.64. The molecular formula is C21H23ClFN5O3. The number of oxazole rings is 1. The average molecular weight is 448 g/mol. The monoisotopic (exact) mass is 447 g/mol. The van der Waals surface area contributed by atoms with Crippen LogP contribution in [0.5, 0.6) is 0 Å². The molecule has 0 N–H and O–H groups in total. The zero-order valence-corrected chi connectivity index (χ0v) is 17.9. The lowest BCUT2D eigenvalue weighted by atomic mass is 10.1. The standard InChI is InChI=1S/C21H23ClFN5O3/c1-21(4-5-21)12-30-18-14(23)10-13(11-24-18)19(29)27-6-8-28(9-7-27)20-26-17-15(31-20)2-3-16(22)25-17/h2-3,11,14H,4-10,12H2,1H3. The molecule has 10 heteroatoms. The minimum atomic E-state index is -1.38. The molecule has 2 fully saturated rings. The van der Waals surface area contributed by atoms with Crippen LogP contribution in [0.1, 0.15) is 26.2 Å². The lowest BCUT2D eigenvalue weighted by Crippen LogP contribution is -2.49. The largest absolute Gasteiger partial charge is 0.478 e. The number of amides is 1. The molecule has 3 aliphatic rings. The van der Waals surface area contributed by atoms with E-state index in [-0.39, 0.29) is 23.6 Å². The summed E-state index contributed by atoms with van der Waals surface area (Å²) in [5.74, 6) is -0.107. The fraction of sp³-hybridized carbons (Fsp3) is 0.524. The van der Waals surface area contributed by atoms with Crippen LogP contribution in [0.4, 0.5) is 10.4 Å². The Balaban J connectivity index is 1.19. The van der Waals surface area contributed by atoms with Crippen molar-refractivity contribution in [2.24, 2.45) is 10.4 Å². The van der Waals surface area contributed by atoms with Crippen LogP contribution >= 0.6 is 11.6 Å². The smallest absolute Gasteiger partial charge is 0.300 e. The molecule has 1 amide bonds. The summed E-state index contributed by atoms with van der Waals surface area (Å²) in [4.78, 5) is 29.1. The lowest BCUT2D eigenvalue weighted by molar-refractivity contribution is -0.127. The zero-order valence-electron chi connectivity index (χ0n) is 17.2. The molecule has 2 aliphatic heterocycles. The molecule has 4 heterocycles. The molecule has 1 atom stereocenters. The Morgan fingerprint density at radius 3 is 2.77 bits per heavy atom. The van der Waals surface area contributed by atoms with E-state index in [2.05, 4.69) is 21.9 Å². The molecule has 8 nitrogen and oxygen atoms in total. The molecule has 1 saturated heterocycles. The predicted molar refractivity (Wildman–Crippen MR) is 114 cm³/mol. The topological polar surface area (TPSA) is 84.1 Å². The first-order valence-corrected chi connectivity index (χ1v) is 10.8. The number of fused-ring (bicyclic) bond motifs is 1. The fourth-order valence-electron chi connectivity index (χ4n) is 3.65. The van der Waals surface area contributed by atoms with Gasteiger partial charge in [-0.3, -0.25) is 4.79 Å². The van der Waals surface area contributed by atoms with Crippen molar-refractivity contribution in [3.63, 3.8) is 0 Å². The maximum atomic E-state index is 14.5. The van der Waals surface area contributed by atoms with Crippen LogP contribution < -0.4 is 4.90 Å². The first-order valence-electron chi connectivity index (χ1n) is 10.4. The minimum absolute atomic E-state index is 0.00778. The molecule has 164 valence electrons. The Bertz CT molecular complexity index is 1070. The maximum absolute atomic E-state index is 14.5. The van der Waals surface area contributed by atoms with Gasteiger partial charge in [0.2, 0.25) is 11.5 Å². The van der Waals surface area contributed by atoms with Crippen molar-refractivity contribution in [2.75, 3.05) is 37.7 Å². The van der Waals surface area contributed by atoms with Crippen LogP contribution in [0.15, 0.2) is 33.3 Å². The second kappa shape index (κ2) is 7.78. The van der Waals surface area contributed by atoms with E-state index in [1.165, 1.54) is 6.20 Å². The van der Waals surface area contributed by atoms with Gasteiger partial charge in [0.1, 0.15) is 5.15 Å². The minimum Gasteiger partial charge on any atom is -0.478 e. The van der Waals surface area contributed by atoms with Gasteiger partial charge in [-0.05, 0) is 25.0 Å². The van der Waals surface area contributed by atoms with E-state index in [9.17, 15) is 9.18 Å². The van der Waals surface area contributed by atoms with Gasteiger partial charge in [0.05, 0.1) is 6.61 Å². The van der Waals surface area contributed by atoms with Gasteiger partial charge in [-0.25, -0.2) is 14.4 Å². The Morgan fingerprint density at radius 1 is 1.29 bits per heavy atom. The molecule has 5 rings (SSSR count). The van der Waals surface area contributed by atoms with Gasteiger partial charge in [0, 0.05) is 49.8 Å². The Morgan fingerprint density at radius 2 is 2.06 bits per heavy atom. The molecule has 1 saturated carbocycles. The predicted octanol–water partition coefficient (Wildman–Crippen LogP) is 3.37. The van der Waals surface area contributed by atoms with Gasteiger partial charge in [-0.1, -0.05) is 18.5 Å². The Hall–Kier alpha value is -2.68. The Kier molecular flexibility index (Phi) is 5.08. The summed E-state index contributed by atoms with van der Waals surface area (Å²) in [6, 6.07) is 3.83. The third-order valence-electron chi connectivity index (χ3n) is 6.01. The summed E-state index contributed by atoms with van der Waals surface area (Å²) in [5, 5.41) is 0.354. The normalized spacial score (nSPS) is 22.9. The maximum Gasteiger partial charge on any atom is 0.300 e. The van der Waals surface area contributed by atoms with Crippen molar-refractivity contribution in [2.45, 2.75) is 32.4 Å². The number of aliphatic imine (C=N–C) groups is 1. The number of ether oxygens (including phenoxy) is 1. The molecular weight excluding hydrogens is 425 g/mol. The number of alkyl halides is 1. The number of halogens is 2. The van der Waals surface area contributed by atoms with Gasteiger partial charge in [-0.15, -0.1) is 0 Å². The van der Waals surface area contributed by atoms with E-state index in [1.807, 2.05) is 4.90 Å². The van der Waals surface area contributed by atoms with Gasteiger partial charge in [0.25, 0.3) is 11.9 Å². The van der Waals surface area contributed by atoms with Gasteiger partial charge in [-0.2, -0.15) is 4.98 Å². The summed E-state index contributed by atoms with van der Waals surface area (Å²) >= 11 is 5.90. The fourth-order valence-corrected chi connectivity index (χ4v) is 3.80. The first-order chi connectivity index (χ1) is 14.9. The van der Waals surface area contributed by atoms with Gasteiger partial charge in [0.15, 0.2) is 11.8 Å². The van der Waals surface area contributed by atoms with E-state index in [0.717, 1.165) is 12.8 Å². The number of piperazine rings is 1. The van der Waals surface area contributed by atoms with Gasteiger partial charge < -0.3 is 19.0 Å². The molecule has 2 aromatic heterocycles. The number of pyridine rings is 1. The van der Waals surface area contributed by atoms with Crippen LogP contribution in [0.3, 0.4) is 0 Å². The highest BCUT2D eigenvalue weighted by atomic mass is 35.5. The molecule has 0 radical (unpaired) electrons. The Labute approximate surface area is 183 Å². The van der Waals surface area contributed by atoms with Crippen LogP contribution in [0, 0.1) is 5.41 Å². The van der Waals surface area contributed by atoms with Crippen LogP contribution in [-0.2, 0) is 9.53 Å². The van der Waals surface area contributed by atoms with E-state index < -0.39 is 6.17 Å². The summed E-state index contributed by atoms with van der Waals surface area (Å²) < 4.78 is 25.8. The second-order valence-electron chi connectivity index (χ2n) is 8.62. The molecule has 1 unspecified atom stereocenters. The zero-order chi connectivity index (χ0) is 21.6. The molecule has 0 bridgehead atoms. The number of rotatable bonds is 4. The molecule has 0 spiro atoms. The number of anilines is 1. The summed E-state index contributed by atoms with van der Waals surface area (Å²) in [7, 11) is 0. The van der Waals surface area contributed by atoms with E-state index in [4.69, 9.17) is 20.8 Å². The van der Waals surface area contributed by atoms with E-state index >= 15 is 0 Å². The third kappa shape index (κ3) is 4.23. The first kappa shape index (κ1) is 20.2. The van der Waals surface area contributed by atoms with Crippen LogP contribution in [0.2, 0.25) is 5.15 Å². The second-order valence-corrected chi connectivity index (χ2v) is 9.01. The average Bonchev–Trinajstić information content (AvgIpc) is 3.36. The highest BCUT2D eigenvalue weighted by Crippen LogP contribution is 2.45. The SMILES string of the molecule is CC1(COC2=NC=C(C(=O)N3CCN(c4nc5nc(Cl)ccc5o4)CC3)CC2F)CC1. The summed E-state index contributed by atoms with van der Waals surface area (Å²) in [5.41, 5.74) is 1.53. The van der Waals surface area contributed by atoms with Crippen LogP contribution in [0.25, 0.3) is 11.2 Å². The third-order valence-corrected chi connectivity index (χ3v) is 6.22. The van der Waals surface area contributed by atoms with Crippen molar-refractivity contribution in [3.8, 4) is 0 Å². The molecule has 31 heavy (non-hydrogen) atoms. The lowest BCUT2D eigenvalue weighted by Gasteiger charge is -2.34.